The van der Waals surface area contributed by atoms with E-state index < -0.39 is 0 Å². The summed E-state index contributed by atoms with van der Waals surface area (Å²) in [4.78, 5) is 4.31. The molecule has 0 aliphatic carbocycles. The fraction of sp³-hybridized carbons (Fsp3) is 0.667. The summed E-state index contributed by atoms with van der Waals surface area (Å²) in [6, 6.07) is 2.99. The fourth-order valence-electron chi connectivity index (χ4n) is 2.28. The number of nitrogens with one attached hydrogen (secondary N) is 1. The van der Waals surface area contributed by atoms with Gasteiger partial charge in [0.25, 0.3) is 0 Å². The fourth-order valence-corrected chi connectivity index (χ4v) is 2.28. The van der Waals surface area contributed by atoms with E-state index in [9.17, 15) is 0 Å². The van der Waals surface area contributed by atoms with Crippen molar-refractivity contribution in [2.75, 3.05) is 0 Å². The number of aromatic nitrogens is 5. The van der Waals surface area contributed by atoms with Crippen molar-refractivity contribution in [2.24, 2.45) is 0 Å². The van der Waals surface area contributed by atoms with E-state index in [4.69, 9.17) is 0 Å². The van der Waals surface area contributed by atoms with E-state index in [1.54, 1.807) is 6.33 Å². The summed E-state index contributed by atoms with van der Waals surface area (Å²) in [5.74, 6) is 0.822. The van der Waals surface area contributed by atoms with Gasteiger partial charge in [-0.25, -0.2) is 9.67 Å². The molecule has 0 aromatic carbocycles. The number of nitrogens with zero attached hydrogens (tertiary/aromatic N) is 5. The minimum Gasteiger partial charge on any atom is -0.308 e. The first-order chi connectivity index (χ1) is 10.1. The molecule has 0 atom stereocenters. The Morgan fingerprint density at radius 3 is 2.62 bits per heavy atom. The van der Waals surface area contributed by atoms with Crippen molar-refractivity contribution >= 4 is 0 Å². The molecule has 0 bridgehead atoms. The Kier molecular flexibility index (Phi) is 5.50. The predicted molar refractivity (Wildman–Crippen MR) is 82.9 cm³/mol. The maximum Gasteiger partial charge on any atom is 0.164 e. The third kappa shape index (κ3) is 4.39. The van der Waals surface area contributed by atoms with Crippen LogP contribution >= 0.6 is 0 Å². The van der Waals surface area contributed by atoms with E-state index in [1.165, 1.54) is 0 Å². The van der Waals surface area contributed by atoms with Gasteiger partial charge in [0.1, 0.15) is 6.33 Å². The van der Waals surface area contributed by atoms with Crippen LogP contribution in [0.3, 0.4) is 0 Å². The van der Waals surface area contributed by atoms with Crippen molar-refractivity contribution in [3.63, 3.8) is 0 Å². The third-order valence-corrected chi connectivity index (χ3v) is 3.56. The molecule has 2 rings (SSSR count). The first kappa shape index (κ1) is 15.7. The molecule has 0 spiro atoms. The molecule has 2 heterocycles. The zero-order valence-corrected chi connectivity index (χ0v) is 13.5. The van der Waals surface area contributed by atoms with Crippen LogP contribution in [0.4, 0.5) is 0 Å². The Hall–Kier alpha value is -1.69. The van der Waals surface area contributed by atoms with Gasteiger partial charge in [-0.15, -0.1) is 0 Å². The highest BCUT2D eigenvalue weighted by atomic mass is 15.4. The van der Waals surface area contributed by atoms with Crippen LogP contribution in [0.5, 0.6) is 0 Å². The molecule has 0 saturated heterocycles. The molecule has 0 aliphatic heterocycles. The highest BCUT2D eigenvalue weighted by Gasteiger charge is 2.09. The second kappa shape index (κ2) is 7.36. The van der Waals surface area contributed by atoms with E-state index >= 15 is 0 Å². The van der Waals surface area contributed by atoms with Crippen molar-refractivity contribution in [1.29, 1.82) is 0 Å². The standard InChI is InChI=1S/C15H26N6/c1-5-14(6-2)21-8-7-13(18-21)10-20-11-17-15(19-20)9-16-12(3)4/h7-8,11-12,14,16H,5-6,9-10H2,1-4H3. The van der Waals surface area contributed by atoms with E-state index in [0.717, 1.165) is 24.4 Å². The normalized spacial score (nSPS) is 11.7. The monoisotopic (exact) mass is 290 g/mol. The summed E-state index contributed by atoms with van der Waals surface area (Å²) in [7, 11) is 0. The van der Waals surface area contributed by atoms with Gasteiger partial charge in [-0.05, 0) is 18.9 Å². The molecule has 2 aromatic heterocycles. The van der Waals surface area contributed by atoms with Gasteiger partial charge in [-0.2, -0.15) is 10.2 Å². The van der Waals surface area contributed by atoms with Crippen LogP contribution in [0.15, 0.2) is 18.6 Å². The Balaban J connectivity index is 1.95. The van der Waals surface area contributed by atoms with E-state index in [2.05, 4.69) is 65.1 Å². The Morgan fingerprint density at radius 2 is 1.95 bits per heavy atom. The van der Waals surface area contributed by atoms with Gasteiger partial charge in [0.05, 0.1) is 24.8 Å². The smallest absolute Gasteiger partial charge is 0.164 e. The molecular weight excluding hydrogens is 264 g/mol. The minimum absolute atomic E-state index is 0.438. The lowest BCUT2D eigenvalue weighted by Crippen LogP contribution is -2.22. The van der Waals surface area contributed by atoms with Crippen molar-refractivity contribution in [2.45, 2.75) is 65.7 Å². The molecule has 0 saturated carbocycles. The summed E-state index contributed by atoms with van der Waals surface area (Å²) in [6.07, 6.45) is 6.04. The molecule has 0 amide bonds. The Labute approximate surface area is 126 Å². The summed E-state index contributed by atoms with van der Waals surface area (Å²) >= 11 is 0. The van der Waals surface area contributed by atoms with Crippen LogP contribution in [0.2, 0.25) is 0 Å². The summed E-state index contributed by atoms with van der Waals surface area (Å²) in [6.45, 7) is 9.99. The molecule has 21 heavy (non-hydrogen) atoms. The molecule has 6 heteroatoms. The summed E-state index contributed by atoms with van der Waals surface area (Å²) in [5.41, 5.74) is 1.02. The van der Waals surface area contributed by atoms with Gasteiger partial charge in [-0.3, -0.25) is 4.68 Å². The number of rotatable bonds is 8. The van der Waals surface area contributed by atoms with Gasteiger partial charge >= 0.3 is 0 Å². The Bertz CT molecular complexity index is 538. The molecule has 0 radical (unpaired) electrons. The van der Waals surface area contributed by atoms with Crippen LogP contribution in [-0.2, 0) is 13.1 Å². The van der Waals surface area contributed by atoms with Gasteiger partial charge in [0, 0.05) is 12.2 Å². The minimum atomic E-state index is 0.438. The molecule has 0 aliphatic rings. The zero-order valence-electron chi connectivity index (χ0n) is 13.5. The number of hydrogen-bond donors (Lipinski definition) is 1. The molecule has 2 aromatic rings. The quantitative estimate of drug-likeness (QED) is 0.811. The first-order valence-electron chi connectivity index (χ1n) is 7.78. The first-order valence-corrected chi connectivity index (χ1v) is 7.78. The van der Waals surface area contributed by atoms with Gasteiger partial charge in [0.2, 0.25) is 0 Å². The van der Waals surface area contributed by atoms with Crippen molar-refractivity contribution in [3.8, 4) is 0 Å². The third-order valence-electron chi connectivity index (χ3n) is 3.56. The van der Waals surface area contributed by atoms with Crippen LogP contribution in [0, 0.1) is 0 Å². The van der Waals surface area contributed by atoms with Crippen LogP contribution in [0.1, 0.15) is 58.1 Å². The van der Waals surface area contributed by atoms with Gasteiger partial charge in [-0.1, -0.05) is 27.7 Å². The van der Waals surface area contributed by atoms with E-state index in [-0.39, 0.29) is 0 Å². The average molecular weight is 290 g/mol. The average Bonchev–Trinajstić information content (AvgIpc) is 3.08. The largest absolute Gasteiger partial charge is 0.308 e. The zero-order chi connectivity index (χ0) is 15.2. The Morgan fingerprint density at radius 1 is 1.19 bits per heavy atom. The highest BCUT2D eigenvalue weighted by molar-refractivity contribution is 5.00. The lowest BCUT2D eigenvalue weighted by Gasteiger charge is -2.12. The summed E-state index contributed by atoms with van der Waals surface area (Å²) < 4.78 is 3.91. The maximum absolute atomic E-state index is 4.64. The van der Waals surface area contributed by atoms with Gasteiger partial charge in [0.15, 0.2) is 5.82 Å². The predicted octanol–water partition coefficient (Wildman–Crippen LogP) is 2.38. The lowest BCUT2D eigenvalue weighted by atomic mass is 10.2. The van der Waals surface area contributed by atoms with E-state index in [0.29, 0.717) is 25.2 Å². The maximum atomic E-state index is 4.64. The van der Waals surface area contributed by atoms with Crippen LogP contribution in [0.25, 0.3) is 0 Å². The second-order valence-corrected chi connectivity index (χ2v) is 5.65. The molecule has 1 N–H and O–H groups in total. The molecule has 116 valence electrons. The van der Waals surface area contributed by atoms with Gasteiger partial charge < -0.3 is 5.32 Å². The SMILES string of the molecule is CCC(CC)n1ccc(Cn2cnc(CNC(C)C)n2)n1. The highest BCUT2D eigenvalue weighted by Crippen LogP contribution is 2.14. The molecule has 6 nitrogen and oxygen atoms in total. The lowest BCUT2D eigenvalue weighted by molar-refractivity contribution is 0.424. The molecular formula is C15H26N6. The second-order valence-electron chi connectivity index (χ2n) is 5.65. The van der Waals surface area contributed by atoms with Crippen LogP contribution in [-0.4, -0.2) is 30.6 Å². The number of hydrogen-bond acceptors (Lipinski definition) is 4. The molecule has 0 fully saturated rings. The topological polar surface area (TPSA) is 60.6 Å². The summed E-state index contributed by atoms with van der Waals surface area (Å²) in [5, 5.41) is 12.4. The molecule has 0 unspecified atom stereocenters. The van der Waals surface area contributed by atoms with Crippen molar-refractivity contribution < 1.29 is 0 Å². The van der Waals surface area contributed by atoms with Crippen molar-refractivity contribution in [3.05, 3.63) is 30.1 Å². The van der Waals surface area contributed by atoms with E-state index in [1.807, 2.05) is 4.68 Å². The van der Waals surface area contributed by atoms with Crippen LogP contribution < -0.4 is 5.32 Å². The van der Waals surface area contributed by atoms with Crippen molar-refractivity contribution in [1.82, 2.24) is 29.9 Å².